The molecule has 2 fully saturated rings. The fourth-order valence-corrected chi connectivity index (χ4v) is 3.48. The van der Waals surface area contributed by atoms with Crippen molar-refractivity contribution in [3.63, 3.8) is 0 Å². The molecule has 1 aliphatic heterocycles. The van der Waals surface area contributed by atoms with E-state index in [0.717, 1.165) is 25.6 Å². The molecule has 0 radical (unpaired) electrons. The fraction of sp³-hybridized carbons (Fsp3) is 1.00. The number of piperazine rings is 1. The van der Waals surface area contributed by atoms with E-state index in [1.807, 2.05) is 0 Å². The maximum Gasteiger partial charge on any atom is 0.0499 e. The second-order valence-corrected chi connectivity index (χ2v) is 6.91. The highest BCUT2D eigenvalue weighted by Gasteiger charge is 2.36. The molecule has 2 aliphatic rings. The van der Waals surface area contributed by atoms with Gasteiger partial charge in [0.05, 0.1) is 0 Å². The van der Waals surface area contributed by atoms with Crippen LogP contribution in [0.2, 0.25) is 0 Å². The Balaban J connectivity index is 1.90. The van der Waals surface area contributed by atoms with Crippen LogP contribution in [0.25, 0.3) is 0 Å². The third-order valence-electron chi connectivity index (χ3n) is 5.27. The molecule has 0 amide bonds. The number of hydrogen-bond acceptors (Lipinski definition) is 3. The molecule has 0 aromatic carbocycles. The summed E-state index contributed by atoms with van der Waals surface area (Å²) in [5.74, 6) is 0.857. The summed E-state index contributed by atoms with van der Waals surface area (Å²) in [5.41, 5.74) is 0.197. The second-order valence-electron chi connectivity index (χ2n) is 6.91. The highest BCUT2D eigenvalue weighted by atomic mass is 16.3. The third-order valence-corrected chi connectivity index (χ3v) is 5.27. The van der Waals surface area contributed by atoms with Crippen LogP contribution in [0.3, 0.4) is 0 Å². The van der Waals surface area contributed by atoms with E-state index in [4.69, 9.17) is 0 Å². The number of aliphatic hydroxyl groups excluding tert-OH is 1. The predicted octanol–water partition coefficient (Wildman–Crippen LogP) is 1.81. The van der Waals surface area contributed by atoms with Crippen molar-refractivity contribution in [3.05, 3.63) is 0 Å². The molecule has 3 heteroatoms. The summed E-state index contributed by atoms with van der Waals surface area (Å²) in [7, 11) is 2.21. The molecule has 1 unspecified atom stereocenters. The molecule has 106 valence electrons. The molecule has 2 rings (SSSR count). The smallest absolute Gasteiger partial charge is 0.0499 e. The van der Waals surface area contributed by atoms with E-state index in [9.17, 15) is 5.11 Å². The quantitative estimate of drug-likeness (QED) is 0.832. The fourth-order valence-electron chi connectivity index (χ4n) is 3.48. The monoisotopic (exact) mass is 254 g/mol. The minimum Gasteiger partial charge on any atom is -0.396 e. The van der Waals surface area contributed by atoms with Crippen LogP contribution in [0.1, 0.15) is 39.5 Å². The molecule has 0 aromatic rings. The van der Waals surface area contributed by atoms with E-state index in [-0.39, 0.29) is 5.41 Å². The van der Waals surface area contributed by atoms with Gasteiger partial charge < -0.3 is 10.0 Å². The van der Waals surface area contributed by atoms with Gasteiger partial charge >= 0.3 is 0 Å². The summed E-state index contributed by atoms with van der Waals surface area (Å²) in [6.45, 7) is 9.62. The van der Waals surface area contributed by atoms with Crippen LogP contribution in [0, 0.1) is 11.3 Å². The summed E-state index contributed by atoms with van der Waals surface area (Å²) < 4.78 is 0. The molecule has 1 saturated heterocycles. The van der Waals surface area contributed by atoms with Crippen LogP contribution in [0.15, 0.2) is 0 Å². The average molecular weight is 254 g/mol. The van der Waals surface area contributed by atoms with Gasteiger partial charge in [0.2, 0.25) is 0 Å². The van der Waals surface area contributed by atoms with Crippen molar-refractivity contribution in [1.82, 2.24) is 9.80 Å². The molecule has 3 nitrogen and oxygen atoms in total. The molecule has 0 bridgehead atoms. The summed E-state index contributed by atoms with van der Waals surface area (Å²) in [4.78, 5) is 5.02. The van der Waals surface area contributed by atoms with Gasteiger partial charge in [-0.25, -0.2) is 0 Å². The zero-order valence-corrected chi connectivity index (χ0v) is 12.4. The summed E-state index contributed by atoms with van der Waals surface area (Å²) in [5, 5.41) is 9.84. The van der Waals surface area contributed by atoms with Crippen molar-refractivity contribution in [2.24, 2.45) is 11.3 Å². The van der Waals surface area contributed by atoms with Gasteiger partial charge in [-0.3, -0.25) is 4.90 Å². The Hall–Kier alpha value is -0.120. The first-order chi connectivity index (χ1) is 8.54. The lowest BCUT2D eigenvalue weighted by Gasteiger charge is -2.45. The van der Waals surface area contributed by atoms with Crippen molar-refractivity contribution >= 4 is 0 Å². The predicted molar refractivity (Wildman–Crippen MR) is 75.7 cm³/mol. The SMILES string of the molecule is CC1CCC(CO)(CN2CCN(C)C(C)C2)CC1. The number of rotatable bonds is 3. The highest BCUT2D eigenvalue weighted by molar-refractivity contribution is 4.89. The van der Waals surface area contributed by atoms with Crippen molar-refractivity contribution in [3.8, 4) is 0 Å². The number of hydrogen-bond donors (Lipinski definition) is 1. The Bertz CT molecular complexity index is 261. The number of nitrogens with zero attached hydrogens (tertiary/aromatic N) is 2. The standard InChI is InChI=1S/C15H30N2O/c1-13-4-6-15(12-18,7-5-13)11-17-9-8-16(3)14(2)10-17/h13-14,18H,4-12H2,1-3H3. The van der Waals surface area contributed by atoms with E-state index < -0.39 is 0 Å². The first-order valence-corrected chi connectivity index (χ1v) is 7.58. The Morgan fingerprint density at radius 3 is 2.39 bits per heavy atom. The first kappa shape index (κ1) is 14.3. The molecule has 1 saturated carbocycles. The van der Waals surface area contributed by atoms with Crippen molar-refractivity contribution in [1.29, 1.82) is 0 Å². The molecule has 1 heterocycles. The van der Waals surface area contributed by atoms with Gasteiger partial charge in [-0.2, -0.15) is 0 Å². The van der Waals surface area contributed by atoms with E-state index in [2.05, 4.69) is 30.7 Å². The van der Waals surface area contributed by atoms with Crippen molar-refractivity contribution in [2.75, 3.05) is 39.8 Å². The first-order valence-electron chi connectivity index (χ1n) is 7.58. The maximum atomic E-state index is 9.84. The van der Waals surface area contributed by atoms with E-state index in [0.29, 0.717) is 12.6 Å². The van der Waals surface area contributed by atoms with Crippen LogP contribution >= 0.6 is 0 Å². The average Bonchev–Trinajstić information content (AvgIpc) is 2.37. The molecular weight excluding hydrogens is 224 g/mol. The molecule has 1 atom stereocenters. The Labute approximate surface area is 112 Å². The van der Waals surface area contributed by atoms with Gasteiger partial charge in [0.25, 0.3) is 0 Å². The topological polar surface area (TPSA) is 26.7 Å². The van der Waals surface area contributed by atoms with E-state index in [1.54, 1.807) is 0 Å². The van der Waals surface area contributed by atoms with Crippen LogP contribution in [0.4, 0.5) is 0 Å². The van der Waals surface area contributed by atoms with Gasteiger partial charge in [0.1, 0.15) is 0 Å². The molecule has 0 aromatic heterocycles. The lowest BCUT2D eigenvalue weighted by Crippen LogP contribution is -2.53. The molecule has 18 heavy (non-hydrogen) atoms. The lowest BCUT2D eigenvalue weighted by atomic mass is 9.71. The zero-order valence-electron chi connectivity index (χ0n) is 12.4. The van der Waals surface area contributed by atoms with Crippen LogP contribution in [-0.4, -0.2) is 60.8 Å². The van der Waals surface area contributed by atoms with Crippen LogP contribution in [-0.2, 0) is 0 Å². The maximum absolute atomic E-state index is 9.84. The summed E-state index contributed by atoms with van der Waals surface area (Å²) in [6.07, 6.45) is 5.02. The Morgan fingerprint density at radius 1 is 1.17 bits per heavy atom. The molecule has 1 aliphatic carbocycles. The number of aliphatic hydroxyl groups is 1. The minimum absolute atomic E-state index is 0.197. The zero-order chi connectivity index (χ0) is 13.2. The molecule has 1 N–H and O–H groups in total. The normalized spacial score (nSPS) is 40.0. The van der Waals surface area contributed by atoms with Gasteiger partial charge in [-0.1, -0.05) is 19.8 Å². The Kier molecular flexibility index (Phi) is 4.68. The van der Waals surface area contributed by atoms with Crippen LogP contribution in [0.5, 0.6) is 0 Å². The van der Waals surface area contributed by atoms with E-state index >= 15 is 0 Å². The molecule has 0 spiro atoms. The van der Waals surface area contributed by atoms with Crippen molar-refractivity contribution < 1.29 is 5.11 Å². The van der Waals surface area contributed by atoms with Gasteiger partial charge in [0, 0.05) is 44.2 Å². The second kappa shape index (κ2) is 5.89. The van der Waals surface area contributed by atoms with Gasteiger partial charge in [-0.15, -0.1) is 0 Å². The molecular formula is C15H30N2O. The largest absolute Gasteiger partial charge is 0.396 e. The van der Waals surface area contributed by atoms with Crippen molar-refractivity contribution in [2.45, 2.75) is 45.6 Å². The summed E-state index contributed by atoms with van der Waals surface area (Å²) in [6, 6.07) is 0.650. The minimum atomic E-state index is 0.197. The summed E-state index contributed by atoms with van der Waals surface area (Å²) >= 11 is 0. The van der Waals surface area contributed by atoms with Gasteiger partial charge in [0.15, 0.2) is 0 Å². The lowest BCUT2D eigenvalue weighted by molar-refractivity contribution is 0.00540. The van der Waals surface area contributed by atoms with Gasteiger partial charge in [-0.05, 0) is 32.7 Å². The van der Waals surface area contributed by atoms with E-state index in [1.165, 1.54) is 32.2 Å². The third kappa shape index (κ3) is 3.25. The highest BCUT2D eigenvalue weighted by Crippen LogP contribution is 2.39. The Morgan fingerprint density at radius 2 is 1.83 bits per heavy atom. The van der Waals surface area contributed by atoms with Crippen LogP contribution < -0.4 is 0 Å². The number of likely N-dealkylation sites (N-methyl/N-ethyl adjacent to an activating group) is 1.